The van der Waals surface area contributed by atoms with Crippen LogP contribution in [0.2, 0.25) is 0 Å². The molecule has 0 aromatic heterocycles. The number of thioether (sulfide) groups is 1. The number of carbonyl (C=O) groups excluding carboxylic acids is 1. The van der Waals surface area contributed by atoms with Gasteiger partial charge in [-0.2, -0.15) is 11.8 Å². The molecule has 1 aliphatic rings. The number of hydrogen-bond acceptors (Lipinski definition) is 3. The van der Waals surface area contributed by atoms with Crippen LogP contribution in [0, 0.1) is 5.41 Å². The minimum Gasteiger partial charge on any atom is -0.354 e. The Morgan fingerprint density at radius 2 is 2.05 bits per heavy atom. The molecule has 1 amide bonds. The van der Waals surface area contributed by atoms with E-state index >= 15 is 0 Å². The van der Waals surface area contributed by atoms with Gasteiger partial charge in [0.25, 0.3) is 0 Å². The highest BCUT2D eigenvalue weighted by atomic mass is 32.2. The third-order valence-corrected chi connectivity index (χ3v) is 6.56. The number of nitrogens with one attached hydrogen (secondary N) is 2. The molecule has 1 aliphatic heterocycles. The molecule has 0 aliphatic carbocycles. The minimum atomic E-state index is -0.168. The van der Waals surface area contributed by atoms with Crippen LogP contribution < -0.4 is 10.6 Å². The molecule has 1 fully saturated rings. The van der Waals surface area contributed by atoms with Crippen LogP contribution in [0.1, 0.15) is 59.3 Å². The Balaban J connectivity index is 2.67. The highest BCUT2D eigenvalue weighted by Crippen LogP contribution is 2.33. The van der Waals surface area contributed by atoms with Crippen molar-refractivity contribution >= 4 is 17.7 Å². The first-order valence-electron chi connectivity index (χ1n) is 8.12. The van der Waals surface area contributed by atoms with E-state index in [2.05, 4.69) is 37.7 Å². The van der Waals surface area contributed by atoms with Gasteiger partial charge in [0.1, 0.15) is 0 Å². The topological polar surface area (TPSA) is 41.1 Å². The van der Waals surface area contributed by atoms with Gasteiger partial charge in [0.2, 0.25) is 5.91 Å². The molecule has 1 rings (SSSR count). The Labute approximate surface area is 129 Å². The van der Waals surface area contributed by atoms with E-state index < -0.39 is 0 Å². The molecule has 0 bridgehead atoms. The van der Waals surface area contributed by atoms with Gasteiger partial charge in [0.15, 0.2) is 0 Å². The van der Waals surface area contributed by atoms with Gasteiger partial charge in [-0.15, -0.1) is 0 Å². The quantitative estimate of drug-likeness (QED) is 0.723. The van der Waals surface area contributed by atoms with Crippen molar-refractivity contribution in [3.63, 3.8) is 0 Å². The Bertz CT molecular complexity index is 283. The lowest BCUT2D eigenvalue weighted by atomic mass is 9.76. The van der Waals surface area contributed by atoms with E-state index in [1.165, 1.54) is 0 Å². The largest absolute Gasteiger partial charge is 0.354 e. The summed E-state index contributed by atoms with van der Waals surface area (Å²) >= 11 is 1.89. The van der Waals surface area contributed by atoms with Crippen LogP contribution >= 0.6 is 11.8 Å². The Kier molecular flexibility index (Phi) is 7.38. The zero-order valence-electron chi connectivity index (χ0n) is 13.7. The fourth-order valence-corrected chi connectivity index (χ4v) is 4.05. The van der Waals surface area contributed by atoms with Crippen LogP contribution in [-0.2, 0) is 4.79 Å². The number of piperidine rings is 1. The molecule has 1 saturated heterocycles. The lowest BCUT2D eigenvalue weighted by Gasteiger charge is -2.38. The van der Waals surface area contributed by atoms with E-state index in [-0.39, 0.29) is 16.1 Å². The van der Waals surface area contributed by atoms with E-state index in [4.69, 9.17) is 0 Å². The molecular weight excluding hydrogens is 268 g/mol. The van der Waals surface area contributed by atoms with Crippen LogP contribution in [0.15, 0.2) is 0 Å². The van der Waals surface area contributed by atoms with Crippen molar-refractivity contribution in [2.75, 3.05) is 25.9 Å². The van der Waals surface area contributed by atoms with Gasteiger partial charge in [-0.25, -0.2) is 0 Å². The molecule has 1 unspecified atom stereocenters. The molecule has 0 saturated carbocycles. The summed E-state index contributed by atoms with van der Waals surface area (Å²) < 4.78 is 0.200. The summed E-state index contributed by atoms with van der Waals surface area (Å²) in [6, 6.07) is 0. The summed E-state index contributed by atoms with van der Waals surface area (Å²) in [6.07, 6.45) is 8.57. The molecule has 0 aromatic carbocycles. The Morgan fingerprint density at radius 1 is 1.35 bits per heavy atom. The van der Waals surface area contributed by atoms with Gasteiger partial charge >= 0.3 is 0 Å². The molecule has 20 heavy (non-hydrogen) atoms. The molecule has 0 spiro atoms. The average Bonchev–Trinajstić information content (AvgIpc) is 2.50. The highest BCUT2D eigenvalue weighted by Gasteiger charge is 2.39. The van der Waals surface area contributed by atoms with Gasteiger partial charge in [0, 0.05) is 17.8 Å². The fraction of sp³-hybridized carbons (Fsp3) is 0.938. The van der Waals surface area contributed by atoms with Crippen LogP contribution in [-0.4, -0.2) is 36.5 Å². The first-order chi connectivity index (χ1) is 9.58. The number of amides is 1. The van der Waals surface area contributed by atoms with E-state index in [1.54, 1.807) is 0 Å². The molecule has 0 aromatic rings. The molecule has 0 radical (unpaired) electrons. The van der Waals surface area contributed by atoms with E-state index in [9.17, 15) is 4.79 Å². The maximum absolute atomic E-state index is 12.7. The van der Waals surface area contributed by atoms with Crippen molar-refractivity contribution in [2.45, 2.75) is 64.0 Å². The predicted molar refractivity (Wildman–Crippen MR) is 89.3 cm³/mol. The molecule has 2 N–H and O–H groups in total. The molecule has 4 heteroatoms. The highest BCUT2D eigenvalue weighted by molar-refractivity contribution is 8.00. The van der Waals surface area contributed by atoms with Crippen molar-refractivity contribution in [2.24, 2.45) is 5.41 Å². The standard InChI is InChI=1S/C16H32N2OS/c1-5-9-15(10-8-11-17-12-15)14(19)18-13-16(6-2,7-3)20-4/h17H,5-13H2,1-4H3,(H,18,19). The van der Waals surface area contributed by atoms with Gasteiger partial charge < -0.3 is 10.6 Å². The second kappa shape index (κ2) is 8.28. The average molecular weight is 301 g/mol. The van der Waals surface area contributed by atoms with Crippen molar-refractivity contribution in [3.05, 3.63) is 0 Å². The van der Waals surface area contributed by atoms with Crippen molar-refractivity contribution < 1.29 is 4.79 Å². The van der Waals surface area contributed by atoms with Crippen molar-refractivity contribution in [1.82, 2.24) is 10.6 Å². The lowest BCUT2D eigenvalue weighted by Crippen LogP contribution is -2.52. The van der Waals surface area contributed by atoms with Crippen molar-refractivity contribution in [3.8, 4) is 0 Å². The first kappa shape index (κ1) is 17.8. The summed E-state index contributed by atoms with van der Waals surface area (Å²) in [5.41, 5.74) is -0.168. The van der Waals surface area contributed by atoms with Gasteiger partial charge in [-0.05, 0) is 44.9 Å². The molecule has 1 heterocycles. The maximum atomic E-state index is 12.7. The lowest BCUT2D eigenvalue weighted by molar-refractivity contribution is -0.132. The first-order valence-corrected chi connectivity index (χ1v) is 9.34. The van der Waals surface area contributed by atoms with Crippen LogP contribution in [0.5, 0.6) is 0 Å². The van der Waals surface area contributed by atoms with Gasteiger partial charge in [-0.3, -0.25) is 4.79 Å². The Morgan fingerprint density at radius 3 is 2.50 bits per heavy atom. The van der Waals surface area contributed by atoms with Crippen LogP contribution in [0.25, 0.3) is 0 Å². The molecule has 118 valence electrons. The summed E-state index contributed by atoms with van der Waals surface area (Å²) in [4.78, 5) is 12.7. The third-order valence-electron chi connectivity index (χ3n) is 4.98. The predicted octanol–water partition coefficient (Wildman–Crippen LogP) is 3.19. The SMILES string of the molecule is CCCC1(C(=O)NCC(CC)(CC)SC)CCCNC1. The van der Waals surface area contributed by atoms with E-state index in [0.29, 0.717) is 0 Å². The van der Waals surface area contributed by atoms with Gasteiger partial charge in [0.05, 0.1) is 5.41 Å². The number of carbonyl (C=O) groups is 1. The van der Waals surface area contributed by atoms with E-state index in [1.807, 2.05) is 11.8 Å². The molecular formula is C16H32N2OS. The van der Waals surface area contributed by atoms with Crippen molar-refractivity contribution in [1.29, 1.82) is 0 Å². The number of rotatable bonds is 8. The second-order valence-electron chi connectivity index (χ2n) is 6.09. The zero-order valence-corrected chi connectivity index (χ0v) is 14.5. The summed E-state index contributed by atoms with van der Waals surface area (Å²) in [6.45, 7) is 9.31. The second-order valence-corrected chi connectivity index (χ2v) is 7.36. The number of hydrogen-bond donors (Lipinski definition) is 2. The monoisotopic (exact) mass is 300 g/mol. The van der Waals surface area contributed by atoms with Gasteiger partial charge in [-0.1, -0.05) is 27.2 Å². The molecule has 3 nitrogen and oxygen atoms in total. The smallest absolute Gasteiger partial charge is 0.227 e. The summed E-state index contributed by atoms with van der Waals surface area (Å²) in [7, 11) is 0. The minimum absolute atomic E-state index is 0.168. The Hall–Kier alpha value is -0.220. The normalized spacial score (nSPS) is 23.6. The zero-order chi connectivity index (χ0) is 15.1. The maximum Gasteiger partial charge on any atom is 0.227 e. The fourth-order valence-electron chi connectivity index (χ4n) is 3.26. The van der Waals surface area contributed by atoms with Crippen LogP contribution in [0.4, 0.5) is 0 Å². The van der Waals surface area contributed by atoms with Crippen LogP contribution in [0.3, 0.4) is 0 Å². The summed E-state index contributed by atoms with van der Waals surface area (Å²) in [5, 5.41) is 6.69. The van der Waals surface area contributed by atoms with E-state index in [0.717, 1.165) is 58.2 Å². The summed E-state index contributed by atoms with van der Waals surface area (Å²) in [5.74, 6) is 0.270. The third kappa shape index (κ3) is 4.14. The molecule has 1 atom stereocenters.